The number of nitrogens with one attached hydrogen (secondary N) is 2. The highest BCUT2D eigenvalue weighted by molar-refractivity contribution is 7.88. The van der Waals surface area contributed by atoms with Gasteiger partial charge >= 0.3 is 0 Å². The number of hydrogen-bond acceptors (Lipinski definition) is 4. The summed E-state index contributed by atoms with van der Waals surface area (Å²) in [4.78, 5) is 13.5. The second-order valence-electron chi connectivity index (χ2n) is 4.46. The Balaban J connectivity index is 2.30. The highest BCUT2D eigenvalue weighted by Gasteiger charge is 2.23. The van der Waals surface area contributed by atoms with Crippen molar-refractivity contribution in [2.24, 2.45) is 0 Å². The zero-order chi connectivity index (χ0) is 13.6. The molecule has 0 aromatic heterocycles. The smallest absolute Gasteiger partial charge is 0.236 e. The Morgan fingerprint density at radius 3 is 2.56 bits per heavy atom. The largest absolute Gasteiger partial charge is 0.341 e. The van der Waals surface area contributed by atoms with Gasteiger partial charge in [-0.3, -0.25) is 4.79 Å². The molecule has 18 heavy (non-hydrogen) atoms. The minimum absolute atomic E-state index is 0.0506. The maximum absolute atomic E-state index is 11.8. The van der Waals surface area contributed by atoms with Crippen molar-refractivity contribution in [3.05, 3.63) is 12.7 Å². The van der Waals surface area contributed by atoms with Crippen LogP contribution < -0.4 is 10.0 Å². The molecule has 1 aliphatic rings. The van der Waals surface area contributed by atoms with Crippen LogP contribution >= 0.6 is 0 Å². The molecule has 0 saturated carbocycles. The van der Waals surface area contributed by atoms with Crippen molar-refractivity contribution in [3.63, 3.8) is 0 Å². The second kappa shape index (κ2) is 6.86. The minimum atomic E-state index is -3.16. The zero-order valence-corrected chi connectivity index (χ0v) is 11.5. The van der Waals surface area contributed by atoms with E-state index in [0.717, 1.165) is 6.26 Å². The van der Waals surface area contributed by atoms with Crippen molar-refractivity contribution < 1.29 is 13.2 Å². The van der Waals surface area contributed by atoms with Crippen LogP contribution in [0, 0.1) is 0 Å². The van der Waals surface area contributed by atoms with Gasteiger partial charge in [-0.1, -0.05) is 6.08 Å². The minimum Gasteiger partial charge on any atom is -0.341 e. The summed E-state index contributed by atoms with van der Waals surface area (Å²) < 4.78 is 24.7. The van der Waals surface area contributed by atoms with E-state index in [4.69, 9.17) is 0 Å². The van der Waals surface area contributed by atoms with Crippen LogP contribution in [0.25, 0.3) is 0 Å². The quantitative estimate of drug-likeness (QED) is 0.496. The summed E-state index contributed by atoms with van der Waals surface area (Å²) >= 11 is 0. The lowest BCUT2D eigenvalue weighted by Gasteiger charge is -2.32. The normalized spacial score (nSPS) is 17.7. The maximum Gasteiger partial charge on any atom is 0.236 e. The molecule has 0 aromatic carbocycles. The number of sulfonamides is 1. The van der Waals surface area contributed by atoms with E-state index < -0.39 is 10.0 Å². The molecular weight excluding hydrogens is 254 g/mol. The van der Waals surface area contributed by atoms with E-state index in [-0.39, 0.29) is 11.9 Å². The van der Waals surface area contributed by atoms with Crippen molar-refractivity contribution >= 4 is 15.9 Å². The number of likely N-dealkylation sites (tertiary alicyclic amines) is 1. The molecule has 1 amide bonds. The Morgan fingerprint density at radius 1 is 1.44 bits per heavy atom. The molecule has 0 unspecified atom stereocenters. The number of piperidine rings is 1. The predicted molar refractivity (Wildman–Crippen MR) is 70.6 cm³/mol. The summed E-state index contributed by atoms with van der Waals surface area (Å²) in [6.07, 6.45) is 4.19. The van der Waals surface area contributed by atoms with E-state index in [2.05, 4.69) is 16.6 Å². The highest BCUT2D eigenvalue weighted by Crippen LogP contribution is 2.10. The first kappa shape index (κ1) is 15.1. The Morgan fingerprint density at radius 2 is 2.06 bits per heavy atom. The van der Waals surface area contributed by atoms with Crippen LogP contribution in [0.4, 0.5) is 0 Å². The Labute approximate surface area is 108 Å². The van der Waals surface area contributed by atoms with Gasteiger partial charge in [0.2, 0.25) is 15.9 Å². The molecule has 0 radical (unpaired) electrons. The van der Waals surface area contributed by atoms with Gasteiger partial charge in [0.25, 0.3) is 0 Å². The van der Waals surface area contributed by atoms with Crippen molar-refractivity contribution in [3.8, 4) is 0 Å². The van der Waals surface area contributed by atoms with Gasteiger partial charge in [0.05, 0.1) is 12.8 Å². The SMILES string of the molecule is C=CCNCC(=O)N1CCC(NS(C)(=O)=O)CC1. The molecule has 0 atom stereocenters. The summed E-state index contributed by atoms with van der Waals surface area (Å²) in [6.45, 7) is 5.67. The second-order valence-corrected chi connectivity index (χ2v) is 6.24. The van der Waals surface area contributed by atoms with Crippen LogP contribution in [-0.2, 0) is 14.8 Å². The molecule has 1 saturated heterocycles. The standard InChI is InChI=1S/C11H21N3O3S/c1-3-6-12-9-11(15)14-7-4-10(5-8-14)13-18(2,16)17/h3,10,12-13H,1,4-9H2,2H3. The average Bonchev–Trinajstić information content (AvgIpc) is 2.28. The lowest BCUT2D eigenvalue weighted by molar-refractivity contribution is -0.131. The Bertz CT molecular complexity index is 386. The first-order valence-corrected chi connectivity index (χ1v) is 7.88. The predicted octanol–water partition coefficient (Wildman–Crippen LogP) is -0.698. The van der Waals surface area contributed by atoms with Gasteiger partial charge in [-0.25, -0.2) is 13.1 Å². The fourth-order valence-electron chi connectivity index (χ4n) is 1.94. The molecular formula is C11H21N3O3S. The third-order valence-corrected chi connectivity index (χ3v) is 3.55. The van der Waals surface area contributed by atoms with E-state index in [1.165, 1.54) is 0 Å². The van der Waals surface area contributed by atoms with Crippen molar-refractivity contribution in [1.82, 2.24) is 14.9 Å². The average molecular weight is 275 g/mol. The molecule has 1 rings (SSSR count). The summed E-state index contributed by atoms with van der Waals surface area (Å²) in [5.41, 5.74) is 0. The molecule has 0 aliphatic carbocycles. The topological polar surface area (TPSA) is 78.5 Å². The maximum atomic E-state index is 11.8. The summed E-state index contributed by atoms with van der Waals surface area (Å²) in [5.74, 6) is 0.0506. The number of carbonyl (C=O) groups is 1. The van der Waals surface area contributed by atoms with E-state index in [1.54, 1.807) is 11.0 Å². The molecule has 6 nitrogen and oxygen atoms in total. The molecule has 2 N–H and O–H groups in total. The van der Waals surface area contributed by atoms with Crippen LogP contribution in [0.3, 0.4) is 0 Å². The lowest BCUT2D eigenvalue weighted by atomic mass is 10.1. The van der Waals surface area contributed by atoms with Gasteiger partial charge < -0.3 is 10.2 Å². The van der Waals surface area contributed by atoms with E-state index in [0.29, 0.717) is 39.0 Å². The summed E-state index contributed by atoms with van der Waals surface area (Å²) in [6, 6.07) is -0.0508. The summed E-state index contributed by atoms with van der Waals surface area (Å²) in [7, 11) is -3.16. The van der Waals surface area contributed by atoms with Gasteiger partial charge in [0, 0.05) is 25.7 Å². The van der Waals surface area contributed by atoms with Gasteiger partial charge in [0.1, 0.15) is 0 Å². The van der Waals surface area contributed by atoms with Gasteiger partial charge in [-0.05, 0) is 12.8 Å². The lowest BCUT2D eigenvalue weighted by Crippen LogP contribution is -2.48. The van der Waals surface area contributed by atoms with Crippen molar-refractivity contribution in [2.45, 2.75) is 18.9 Å². The third-order valence-electron chi connectivity index (χ3n) is 2.79. The Kier molecular flexibility index (Phi) is 5.77. The molecule has 1 heterocycles. The number of nitrogens with zero attached hydrogens (tertiary/aromatic N) is 1. The number of hydrogen-bond donors (Lipinski definition) is 2. The molecule has 0 bridgehead atoms. The number of rotatable bonds is 6. The number of amides is 1. The number of carbonyl (C=O) groups excluding carboxylic acids is 1. The first-order chi connectivity index (χ1) is 8.42. The van der Waals surface area contributed by atoms with Crippen LogP contribution in [0.15, 0.2) is 12.7 Å². The van der Waals surface area contributed by atoms with Gasteiger partial charge in [-0.15, -0.1) is 6.58 Å². The molecule has 1 aliphatic heterocycles. The third kappa shape index (κ3) is 5.61. The molecule has 0 aromatic rings. The van der Waals surface area contributed by atoms with Crippen LogP contribution in [0.2, 0.25) is 0 Å². The monoisotopic (exact) mass is 275 g/mol. The fraction of sp³-hybridized carbons (Fsp3) is 0.727. The van der Waals surface area contributed by atoms with E-state index in [9.17, 15) is 13.2 Å². The molecule has 0 spiro atoms. The van der Waals surface area contributed by atoms with Gasteiger partial charge in [-0.2, -0.15) is 0 Å². The van der Waals surface area contributed by atoms with E-state index in [1.807, 2.05) is 0 Å². The van der Waals surface area contributed by atoms with Crippen molar-refractivity contribution in [2.75, 3.05) is 32.4 Å². The first-order valence-electron chi connectivity index (χ1n) is 5.99. The van der Waals surface area contributed by atoms with Crippen LogP contribution in [-0.4, -0.2) is 57.7 Å². The molecule has 1 fully saturated rings. The van der Waals surface area contributed by atoms with Crippen LogP contribution in [0.5, 0.6) is 0 Å². The van der Waals surface area contributed by atoms with E-state index >= 15 is 0 Å². The fourth-order valence-corrected chi connectivity index (χ4v) is 2.78. The highest BCUT2D eigenvalue weighted by atomic mass is 32.2. The molecule has 104 valence electrons. The zero-order valence-electron chi connectivity index (χ0n) is 10.7. The van der Waals surface area contributed by atoms with Gasteiger partial charge in [0.15, 0.2) is 0 Å². The van der Waals surface area contributed by atoms with Crippen molar-refractivity contribution in [1.29, 1.82) is 0 Å². The summed E-state index contributed by atoms with van der Waals surface area (Å²) in [5, 5.41) is 2.96. The van der Waals surface area contributed by atoms with Crippen LogP contribution in [0.1, 0.15) is 12.8 Å². The molecule has 7 heteroatoms. The Hall–Kier alpha value is -0.920.